The SMILES string of the molecule is NS(=O)(=O)CCN1C[C@H](c2cccc(OC3=C/CCC/C=C/C=N\3)c2)N(c2ccc(Oc3ccc(Cl)cc3)cc2)C12CO2. The molecule has 2 N–H and O–H groups in total. The summed E-state index contributed by atoms with van der Waals surface area (Å²) in [6.45, 7) is 1.21. The van der Waals surface area contributed by atoms with E-state index in [-0.39, 0.29) is 18.3 Å². The molecule has 43 heavy (non-hydrogen) atoms. The predicted molar refractivity (Wildman–Crippen MR) is 168 cm³/mol. The molecule has 3 aromatic rings. The van der Waals surface area contributed by atoms with Crippen molar-refractivity contribution >= 4 is 33.5 Å². The third kappa shape index (κ3) is 7.11. The van der Waals surface area contributed by atoms with Gasteiger partial charge < -0.3 is 19.1 Å². The minimum Gasteiger partial charge on any atom is -0.457 e. The first-order chi connectivity index (χ1) is 20.8. The molecule has 0 aliphatic carbocycles. The number of hydrogen-bond acceptors (Lipinski definition) is 8. The van der Waals surface area contributed by atoms with E-state index in [1.165, 1.54) is 0 Å². The van der Waals surface area contributed by atoms with Crippen molar-refractivity contribution in [1.29, 1.82) is 0 Å². The van der Waals surface area contributed by atoms with E-state index in [0.29, 0.717) is 41.3 Å². The van der Waals surface area contributed by atoms with Gasteiger partial charge in [0, 0.05) is 30.0 Å². The summed E-state index contributed by atoms with van der Waals surface area (Å²) in [5.41, 5.74) is 1.91. The van der Waals surface area contributed by atoms with Gasteiger partial charge in [-0.2, -0.15) is 0 Å². The van der Waals surface area contributed by atoms with Crippen LogP contribution in [0, 0.1) is 0 Å². The monoisotopic (exact) mass is 620 g/mol. The number of sulfonamides is 1. The number of nitrogens with two attached hydrogens (primary N) is 1. The number of ether oxygens (including phenoxy) is 3. The number of benzene rings is 3. The number of halogens is 1. The molecule has 2 fully saturated rings. The Balaban J connectivity index is 1.29. The predicted octanol–water partition coefficient (Wildman–Crippen LogP) is 6.00. The Labute approximate surface area is 256 Å². The van der Waals surface area contributed by atoms with Crippen molar-refractivity contribution in [2.75, 3.05) is 30.3 Å². The lowest BCUT2D eigenvalue weighted by molar-refractivity contribution is 0.130. The molecule has 3 aromatic carbocycles. The van der Waals surface area contributed by atoms with Crippen molar-refractivity contribution in [3.8, 4) is 17.2 Å². The van der Waals surface area contributed by atoms with Gasteiger partial charge in [-0.15, -0.1) is 0 Å². The van der Waals surface area contributed by atoms with Crippen LogP contribution >= 0.6 is 11.6 Å². The first-order valence-electron chi connectivity index (χ1n) is 14.2. The van der Waals surface area contributed by atoms with Crippen molar-refractivity contribution < 1.29 is 22.6 Å². The highest BCUT2D eigenvalue weighted by Gasteiger charge is 2.62. The van der Waals surface area contributed by atoms with Crippen molar-refractivity contribution in [3.63, 3.8) is 0 Å². The first kappa shape index (κ1) is 29.4. The van der Waals surface area contributed by atoms with Gasteiger partial charge >= 0.3 is 0 Å². The van der Waals surface area contributed by atoms with Crippen LogP contribution in [0.4, 0.5) is 5.69 Å². The molecule has 0 bridgehead atoms. The molecule has 1 spiro atoms. The highest BCUT2D eigenvalue weighted by Crippen LogP contribution is 2.50. The second-order valence-electron chi connectivity index (χ2n) is 10.6. The van der Waals surface area contributed by atoms with Crippen LogP contribution in [0.15, 0.2) is 102 Å². The minimum absolute atomic E-state index is 0.157. The van der Waals surface area contributed by atoms with Crippen LogP contribution in [0.3, 0.4) is 0 Å². The fraction of sp³-hybridized carbons (Fsp3) is 0.281. The van der Waals surface area contributed by atoms with Gasteiger partial charge in [0.15, 0.2) is 0 Å². The number of rotatable bonds is 9. The molecular weight excluding hydrogens is 588 g/mol. The Kier molecular flexibility index (Phi) is 8.56. The molecule has 3 heterocycles. The molecule has 1 unspecified atom stereocenters. The van der Waals surface area contributed by atoms with Gasteiger partial charge in [0.05, 0.1) is 11.8 Å². The average Bonchev–Trinajstić information content (AvgIpc) is 3.68. The zero-order chi connectivity index (χ0) is 29.9. The molecule has 3 aliphatic heterocycles. The summed E-state index contributed by atoms with van der Waals surface area (Å²) in [7, 11) is -3.65. The van der Waals surface area contributed by atoms with Crippen molar-refractivity contribution in [2.24, 2.45) is 10.1 Å². The second-order valence-corrected chi connectivity index (χ2v) is 12.8. The maximum Gasteiger partial charge on any atom is 0.226 e. The maximum atomic E-state index is 11.9. The van der Waals surface area contributed by atoms with E-state index >= 15 is 0 Å². The lowest BCUT2D eigenvalue weighted by Gasteiger charge is -2.31. The van der Waals surface area contributed by atoms with Gasteiger partial charge in [-0.05, 0) is 97.6 Å². The maximum absolute atomic E-state index is 11.9. The zero-order valence-corrected chi connectivity index (χ0v) is 25.1. The molecule has 2 saturated heterocycles. The standard InChI is InChI=1S/C32H33ClN4O5S/c33-25-10-14-27(15-11-25)41-28-16-12-26(13-17-28)37-30(22-36(32(37)23-40-32)19-20-43(34,38)39)24-7-6-8-29(21-24)42-31-9-4-2-1-3-5-18-35-31/h3,5-18,21,30H,1-2,4,19-20,22-23H2,(H2,34,38,39)/b5-3+,31-9+,35-18-/t30-,32?/m1/s1. The van der Waals surface area contributed by atoms with Gasteiger partial charge in [-0.1, -0.05) is 29.8 Å². The number of primary sulfonamides is 1. The van der Waals surface area contributed by atoms with Crippen LogP contribution in [0.1, 0.15) is 30.9 Å². The molecule has 0 radical (unpaired) electrons. The van der Waals surface area contributed by atoms with Crippen LogP contribution < -0.4 is 19.5 Å². The third-order valence-electron chi connectivity index (χ3n) is 7.57. The second kappa shape index (κ2) is 12.5. The number of allylic oxidation sites excluding steroid dienone is 3. The van der Waals surface area contributed by atoms with Gasteiger partial charge in [-0.25, -0.2) is 18.5 Å². The van der Waals surface area contributed by atoms with Gasteiger partial charge in [0.2, 0.25) is 21.8 Å². The van der Waals surface area contributed by atoms with Crippen molar-refractivity contribution in [1.82, 2.24) is 4.90 Å². The van der Waals surface area contributed by atoms with Gasteiger partial charge in [-0.3, -0.25) is 4.90 Å². The molecule has 224 valence electrons. The van der Waals surface area contributed by atoms with E-state index in [1.807, 2.05) is 77.7 Å². The summed E-state index contributed by atoms with van der Waals surface area (Å²) >= 11 is 6.00. The van der Waals surface area contributed by atoms with Crippen LogP contribution in [0.25, 0.3) is 0 Å². The fourth-order valence-corrected chi connectivity index (χ4v) is 6.03. The quantitative estimate of drug-likeness (QED) is 0.292. The average molecular weight is 621 g/mol. The topological polar surface area (TPSA) is 110 Å². The number of hydrogen-bond donors (Lipinski definition) is 1. The minimum atomic E-state index is -3.65. The highest BCUT2D eigenvalue weighted by atomic mass is 35.5. The van der Waals surface area contributed by atoms with E-state index in [0.717, 1.165) is 30.5 Å². The molecule has 3 aliphatic rings. The van der Waals surface area contributed by atoms with Crippen LogP contribution in [-0.2, 0) is 14.8 Å². The summed E-state index contributed by atoms with van der Waals surface area (Å²) in [5.74, 6) is 1.63. The summed E-state index contributed by atoms with van der Waals surface area (Å²) in [6, 6.07) is 22.7. The Morgan fingerprint density at radius 2 is 1.74 bits per heavy atom. The lowest BCUT2D eigenvalue weighted by Crippen LogP contribution is -2.45. The molecule has 11 heteroatoms. The lowest BCUT2D eigenvalue weighted by atomic mass is 10.0. The molecule has 0 saturated carbocycles. The largest absolute Gasteiger partial charge is 0.457 e. The molecule has 0 amide bonds. The molecule has 9 nitrogen and oxygen atoms in total. The zero-order valence-electron chi connectivity index (χ0n) is 23.5. The molecule has 2 atom stereocenters. The Morgan fingerprint density at radius 1 is 1.00 bits per heavy atom. The fourth-order valence-electron chi connectivity index (χ4n) is 5.43. The van der Waals surface area contributed by atoms with Crippen molar-refractivity contribution in [2.45, 2.75) is 31.2 Å². The summed E-state index contributed by atoms with van der Waals surface area (Å²) in [5, 5.41) is 6.01. The van der Waals surface area contributed by atoms with Gasteiger partial charge in [0.1, 0.15) is 23.9 Å². The van der Waals surface area contributed by atoms with Crippen LogP contribution in [0.2, 0.25) is 5.02 Å². The number of epoxide rings is 1. The van der Waals surface area contributed by atoms with E-state index in [4.69, 9.17) is 31.0 Å². The summed E-state index contributed by atoms with van der Waals surface area (Å²) in [6.07, 6.45) is 10.7. The summed E-state index contributed by atoms with van der Waals surface area (Å²) in [4.78, 5) is 8.71. The Bertz CT molecular complexity index is 1640. The Morgan fingerprint density at radius 3 is 2.47 bits per heavy atom. The number of nitrogens with zero attached hydrogens (tertiary/aromatic N) is 3. The third-order valence-corrected chi connectivity index (χ3v) is 8.57. The molecule has 0 aromatic heterocycles. The smallest absolute Gasteiger partial charge is 0.226 e. The molecular formula is C32H33ClN4O5S. The Hall–Kier alpha value is -3.67. The van der Waals surface area contributed by atoms with E-state index in [1.54, 1.807) is 18.3 Å². The summed E-state index contributed by atoms with van der Waals surface area (Å²) < 4.78 is 42.0. The van der Waals surface area contributed by atoms with E-state index in [9.17, 15) is 8.42 Å². The number of aliphatic imine (C=N–C) groups is 1. The normalized spacial score (nSPS) is 24.8. The van der Waals surface area contributed by atoms with Crippen molar-refractivity contribution in [3.05, 3.63) is 107 Å². The van der Waals surface area contributed by atoms with Crippen LogP contribution in [-0.4, -0.2) is 50.8 Å². The van der Waals surface area contributed by atoms with Crippen LogP contribution in [0.5, 0.6) is 17.2 Å². The highest BCUT2D eigenvalue weighted by molar-refractivity contribution is 7.89. The van der Waals surface area contributed by atoms with E-state index < -0.39 is 15.9 Å². The number of anilines is 1. The first-order valence-corrected chi connectivity index (χ1v) is 16.3. The molecule has 6 rings (SSSR count). The van der Waals surface area contributed by atoms with E-state index in [2.05, 4.69) is 16.0 Å². The van der Waals surface area contributed by atoms with Gasteiger partial charge in [0.25, 0.3) is 0 Å².